The van der Waals surface area contributed by atoms with E-state index < -0.39 is 0 Å². The topological polar surface area (TPSA) is 55.5 Å². The number of methoxy groups -OCH3 is 1. The Morgan fingerprint density at radius 3 is 2.79 bits per heavy atom. The van der Waals surface area contributed by atoms with Crippen molar-refractivity contribution in [2.24, 2.45) is 5.73 Å². The fourth-order valence-corrected chi connectivity index (χ4v) is 1.41. The zero-order valence-corrected chi connectivity index (χ0v) is 8.66. The number of nitrogens with two attached hydrogens (primary N) is 1. The van der Waals surface area contributed by atoms with Gasteiger partial charge in [-0.2, -0.15) is 0 Å². The molecule has 14 heavy (non-hydrogen) atoms. The summed E-state index contributed by atoms with van der Waals surface area (Å²) in [4.78, 5) is 0. The lowest BCUT2D eigenvalue weighted by Gasteiger charge is -2.12. The molecule has 0 heterocycles. The van der Waals surface area contributed by atoms with Gasteiger partial charge in [0.1, 0.15) is 5.75 Å². The first-order valence-electron chi connectivity index (χ1n) is 4.67. The molecule has 0 fully saturated rings. The number of aliphatic hydroxyl groups is 1. The molecule has 0 saturated heterocycles. The summed E-state index contributed by atoms with van der Waals surface area (Å²) in [6, 6.07) is 5.74. The molecule has 0 aromatic heterocycles. The standard InChI is InChI=1S/C11H17NO2/c1-8-3-4-11(14-2)9(5-8)6-10(12)7-13/h3-5,10,13H,6-7,12H2,1-2H3. The third kappa shape index (κ3) is 2.72. The second-order valence-corrected chi connectivity index (χ2v) is 3.46. The van der Waals surface area contributed by atoms with Crippen molar-refractivity contribution in [3.63, 3.8) is 0 Å². The van der Waals surface area contributed by atoms with Gasteiger partial charge in [0.2, 0.25) is 0 Å². The first-order chi connectivity index (χ1) is 6.67. The first kappa shape index (κ1) is 11.0. The summed E-state index contributed by atoms with van der Waals surface area (Å²) >= 11 is 0. The average Bonchev–Trinajstić information content (AvgIpc) is 2.18. The van der Waals surface area contributed by atoms with Crippen molar-refractivity contribution in [2.75, 3.05) is 13.7 Å². The molecule has 3 N–H and O–H groups in total. The highest BCUT2D eigenvalue weighted by atomic mass is 16.5. The minimum atomic E-state index is -0.217. The molecule has 1 aromatic carbocycles. The third-order valence-electron chi connectivity index (χ3n) is 2.15. The molecule has 3 heteroatoms. The van der Waals surface area contributed by atoms with Gasteiger partial charge in [0, 0.05) is 6.04 Å². The molecule has 0 spiro atoms. The van der Waals surface area contributed by atoms with Crippen LogP contribution < -0.4 is 10.5 Å². The zero-order valence-electron chi connectivity index (χ0n) is 8.66. The molecule has 0 bridgehead atoms. The van der Waals surface area contributed by atoms with Crippen LogP contribution in [0.25, 0.3) is 0 Å². The van der Waals surface area contributed by atoms with E-state index in [9.17, 15) is 0 Å². The molecule has 1 aromatic rings. The van der Waals surface area contributed by atoms with E-state index in [4.69, 9.17) is 15.6 Å². The minimum Gasteiger partial charge on any atom is -0.496 e. The van der Waals surface area contributed by atoms with Gasteiger partial charge < -0.3 is 15.6 Å². The van der Waals surface area contributed by atoms with Crippen molar-refractivity contribution < 1.29 is 9.84 Å². The maximum Gasteiger partial charge on any atom is 0.122 e. The summed E-state index contributed by atoms with van der Waals surface area (Å²) in [7, 11) is 1.64. The fourth-order valence-electron chi connectivity index (χ4n) is 1.41. The molecular weight excluding hydrogens is 178 g/mol. The van der Waals surface area contributed by atoms with Crippen molar-refractivity contribution in [1.29, 1.82) is 0 Å². The molecule has 0 aliphatic carbocycles. The molecular formula is C11H17NO2. The van der Waals surface area contributed by atoms with Gasteiger partial charge in [-0.3, -0.25) is 0 Å². The van der Waals surface area contributed by atoms with Crippen LogP contribution in [-0.2, 0) is 6.42 Å². The van der Waals surface area contributed by atoms with E-state index in [1.807, 2.05) is 25.1 Å². The molecule has 0 saturated carbocycles. The summed E-state index contributed by atoms with van der Waals surface area (Å²) in [5.74, 6) is 0.833. The smallest absolute Gasteiger partial charge is 0.122 e. The van der Waals surface area contributed by atoms with Crippen LogP contribution >= 0.6 is 0 Å². The molecule has 1 atom stereocenters. The lowest BCUT2D eigenvalue weighted by atomic mass is 10.0. The molecule has 0 amide bonds. The van der Waals surface area contributed by atoms with Gasteiger partial charge in [0.15, 0.2) is 0 Å². The maximum atomic E-state index is 8.86. The lowest BCUT2D eigenvalue weighted by Crippen LogP contribution is -2.27. The van der Waals surface area contributed by atoms with Crippen LogP contribution in [0.1, 0.15) is 11.1 Å². The first-order valence-corrected chi connectivity index (χ1v) is 4.67. The number of hydrogen-bond acceptors (Lipinski definition) is 3. The fraction of sp³-hybridized carbons (Fsp3) is 0.455. The minimum absolute atomic E-state index is 0.00288. The van der Waals surface area contributed by atoms with Crippen LogP contribution in [0.4, 0.5) is 0 Å². The summed E-state index contributed by atoms with van der Waals surface area (Å²) < 4.78 is 5.21. The van der Waals surface area contributed by atoms with Gasteiger partial charge in [-0.1, -0.05) is 17.7 Å². The molecule has 0 radical (unpaired) electrons. The molecule has 0 aliphatic rings. The Morgan fingerprint density at radius 1 is 1.50 bits per heavy atom. The SMILES string of the molecule is COc1ccc(C)cc1CC(N)CO. The van der Waals surface area contributed by atoms with Gasteiger partial charge in [-0.25, -0.2) is 0 Å². The highest BCUT2D eigenvalue weighted by Gasteiger charge is 2.07. The Balaban J connectivity index is 2.87. The van der Waals surface area contributed by atoms with Gasteiger partial charge in [-0.05, 0) is 25.0 Å². The van der Waals surface area contributed by atoms with E-state index in [0.29, 0.717) is 6.42 Å². The zero-order chi connectivity index (χ0) is 10.6. The van der Waals surface area contributed by atoms with Crippen molar-refractivity contribution in [2.45, 2.75) is 19.4 Å². The Labute approximate surface area is 84.5 Å². The van der Waals surface area contributed by atoms with Gasteiger partial charge in [-0.15, -0.1) is 0 Å². The van der Waals surface area contributed by atoms with Crippen molar-refractivity contribution in [3.05, 3.63) is 29.3 Å². The lowest BCUT2D eigenvalue weighted by molar-refractivity contribution is 0.264. The van der Waals surface area contributed by atoms with Gasteiger partial charge in [0.05, 0.1) is 13.7 Å². The largest absolute Gasteiger partial charge is 0.496 e. The van der Waals surface area contributed by atoms with E-state index in [-0.39, 0.29) is 12.6 Å². The maximum absolute atomic E-state index is 8.86. The predicted molar refractivity (Wildman–Crippen MR) is 56.5 cm³/mol. The van der Waals surface area contributed by atoms with Crippen LogP contribution in [0, 0.1) is 6.92 Å². The summed E-state index contributed by atoms with van der Waals surface area (Å²) in [6.45, 7) is 2.02. The van der Waals surface area contributed by atoms with Crippen LogP contribution in [0.2, 0.25) is 0 Å². The number of benzene rings is 1. The molecule has 78 valence electrons. The Hall–Kier alpha value is -1.06. The van der Waals surface area contributed by atoms with E-state index in [2.05, 4.69) is 0 Å². The van der Waals surface area contributed by atoms with Crippen molar-refractivity contribution in [1.82, 2.24) is 0 Å². The second-order valence-electron chi connectivity index (χ2n) is 3.46. The van der Waals surface area contributed by atoms with Gasteiger partial charge >= 0.3 is 0 Å². The molecule has 1 rings (SSSR count). The summed E-state index contributed by atoms with van der Waals surface area (Å²) in [6.07, 6.45) is 0.640. The molecule has 1 unspecified atom stereocenters. The normalized spacial score (nSPS) is 12.6. The van der Waals surface area contributed by atoms with E-state index in [1.165, 1.54) is 5.56 Å². The highest BCUT2D eigenvalue weighted by molar-refractivity contribution is 5.37. The quantitative estimate of drug-likeness (QED) is 0.749. The molecule has 3 nitrogen and oxygen atoms in total. The van der Waals surface area contributed by atoms with Crippen LogP contribution in [0.3, 0.4) is 0 Å². The average molecular weight is 195 g/mol. The van der Waals surface area contributed by atoms with Crippen molar-refractivity contribution >= 4 is 0 Å². The van der Waals surface area contributed by atoms with Crippen LogP contribution in [-0.4, -0.2) is 24.9 Å². The van der Waals surface area contributed by atoms with E-state index >= 15 is 0 Å². The summed E-state index contributed by atoms with van der Waals surface area (Å²) in [5, 5.41) is 8.86. The number of hydrogen-bond donors (Lipinski definition) is 2. The van der Waals surface area contributed by atoms with Gasteiger partial charge in [0.25, 0.3) is 0 Å². The number of aryl methyl sites for hydroxylation is 1. The third-order valence-corrected chi connectivity index (χ3v) is 2.15. The Morgan fingerprint density at radius 2 is 2.21 bits per heavy atom. The number of ether oxygens (including phenoxy) is 1. The highest BCUT2D eigenvalue weighted by Crippen LogP contribution is 2.20. The number of aliphatic hydroxyl groups excluding tert-OH is 1. The molecule has 0 aliphatic heterocycles. The second kappa shape index (κ2) is 4.98. The Bertz CT molecular complexity index is 299. The Kier molecular flexibility index (Phi) is 3.92. The number of rotatable bonds is 4. The summed E-state index contributed by atoms with van der Waals surface area (Å²) in [5.41, 5.74) is 7.90. The monoisotopic (exact) mass is 195 g/mol. The van der Waals surface area contributed by atoms with Crippen LogP contribution in [0.15, 0.2) is 18.2 Å². The van der Waals surface area contributed by atoms with Crippen molar-refractivity contribution in [3.8, 4) is 5.75 Å². The van der Waals surface area contributed by atoms with Crippen LogP contribution in [0.5, 0.6) is 5.75 Å². The van der Waals surface area contributed by atoms with E-state index in [1.54, 1.807) is 7.11 Å². The predicted octanol–water partition coefficient (Wildman–Crippen LogP) is 0.866. The van der Waals surface area contributed by atoms with E-state index in [0.717, 1.165) is 11.3 Å².